The SMILES string of the molecule is O=C(O)C1CCC(Cn2c(=O)[nH]c3ccc(O)cc32)CC1. The fourth-order valence-corrected chi connectivity index (χ4v) is 3.17. The van der Waals surface area contributed by atoms with Gasteiger partial charge in [-0.2, -0.15) is 0 Å². The van der Waals surface area contributed by atoms with E-state index in [1.807, 2.05) is 0 Å². The zero-order chi connectivity index (χ0) is 15.0. The fraction of sp³-hybridized carbons (Fsp3) is 0.467. The number of aliphatic carboxylic acids is 1. The lowest BCUT2D eigenvalue weighted by Crippen LogP contribution is -2.27. The molecule has 0 aliphatic heterocycles. The maximum Gasteiger partial charge on any atom is 0.326 e. The first-order chi connectivity index (χ1) is 10.0. The van der Waals surface area contributed by atoms with E-state index in [0.717, 1.165) is 12.8 Å². The predicted octanol–water partition coefficient (Wildman–Crippen LogP) is 1.93. The van der Waals surface area contributed by atoms with Crippen LogP contribution in [0.15, 0.2) is 23.0 Å². The van der Waals surface area contributed by atoms with Crippen LogP contribution in [-0.4, -0.2) is 25.7 Å². The highest BCUT2D eigenvalue weighted by Gasteiger charge is 2.26. The highest BCUT2D eigenvalue weighted by atomic mass is 16.4. The van der Waals surface area contributed by atoms with Gasteiger partial charge in [0.1, 0.15) is 5.75 Å². The lowest BCUT2D eigenvalue weighted by atomic mass is 9.82. The number of benzene rings is 1. The molecule has 1 aliphatic rings. The summed E-state index contributed by atoms with van der Waals surface area (Å²) >= 11 is 0. The van der Waals surface area contributed by atoms with Crippen molar-refractivity contribution in [2.24, 2.45) is 11.8 Å². The van der Waals surface area contributed by atoms with Gasteiger partial charge in [0.2, 0.25) is 0 Å². The molecule has 2 aromatic rings. The lowest BCUT2D eigenvalue weighted by Gasteiger charge is -2.26. The van der Waals surface area contributed by atoms with Crippen molar-refractivity contribution in [3.05, 3.63) is 28.7 Å². The number of carbonyl (C=O) groups is 1. The molecule has 3 rings (SSSR count). The third-order valence-electron chi connectivity index (χ3n) is 4.40. The van der Waals surface area contributed by atoms with Crippen molar-refractivity contribution >= 4 is 17.0 Å². The molecule has 0 spiro atoms. The number of phenols is 1. The third kappa shape index (κ3) is 2.66. The Kier molecular flexibility index (Phi) is 3.45. The minimum absolute atomic E-state index is 0.129. The maximum atomic E-state index is 12.0. The van der Waals surface area contributed by atoms with Crippen molar-refractivity contribution < 1.29 is 15.0 Å². The standard InChI is InChI=1S/C15H18N2O4/c18-11-5-6-12-13(7-11)17(15(21)16-12)8-9-1-3-10(4-2-9)14(19)20/h5-7,9-10,18H,1-4,8H2,(H,16,21)(H,19,20). The molecule has 112 valence electrons. The Morgan fingerprint density at radius 2 is 2.00 bits per heavy atom. The Hall–Kier alpha value is -2.24. The van der Waals surface area contributed by atoms with Gasteiger partial charge in [-0.3, -0.25) is 9.36 Å². The molecule has 1 heterocycles. The van der Waals surface area contributed by atoms with E-state index in [1.54, 1.807) is 22.8 Å². The zero-order valence-electron chi connectivity index (χ0n) is 11.6. The number of carboxylic acid groups (broad SMARTS) is 1. The Morgan fingerprint density at radius 1 is 1.29 bits per heavy atom. The molecule has 0 bridgehead atoms. The van der Waals surface area contributed by atoms with Gasteiger partial charge in [0.05, 0.1) is 17.0 Å². The number of aromatic hydroxyl groups is 1. The minimum Gasteiger partial charge on any atom is -0.508 e. The average Bonchev–Trinajstić information content (AvgIpc) is 2.76. The molecule has 1 aromatic heterocycles. The number of phenolic OH excluding ortho intramolecular Hbond substituents is 1. The topological polar surface area (TPSA) is 95.3 Å². The number of nitrogens with zero attached hydrogens (tertiary/aromatic N) is 1. The summed E-state index contributed by atoms with van der Waals surface area (Å²) in [5, 5.41) is 18.6. The Morgan fingerprint density at radius 3 is 2.67 bits per heavy atom. The Labute approximate surface area is 121 Å². The lowest BCUT2D eigenvalue weighted by molar-refractivity contribution is -0.143. The van der Waals surface area contributed by atoms with Gasteiger partial charge in [-0.25, -0.2) is 4.79 Å². The number of fused-ring (bicyclic) bond motifs is 1. The number of aromatic nitrogens is 2. The van der Waals surface area contributed by atoms with Crippen molar-refractivity contribution in [3.63, 3.8) is 0 Å². The van der Waals surface area contributed by atoms with Crippen molar-refractivity contribution in [2.45, 2.75) is 32.2 Å². The van der Waals surface area contributed by atoms with Crippen LogP contribution in [-0.2, 0) is 11.3 Å². The summed E-state index contributed by atoms with van der Waals surface area (Å²) in [5.41, 5.74) is 1.22. The van der Waals surface area contributed by atoms with Gasteiger partial charge in [0.15, 0.2) is 0 Å². The number of imidazole rings is 1. The van der Waals surface area contributed by atoms with Crippen molar-refractivity contribution in [1.29, 1.82) is 0 Å². The van der Waals surface area contributed by atoms with Gasteiger partial charge in [-0.1, -0.05) is 0 Å². The molecule has 0 unspecified atom stereocenters. The van der Waals surface area contributed by atoms with Crippen LogP contribution in [0.4, 0.5) is 0 Å². The molecule has 1 aliphatic carbocycles. The second kappa shape index (κ2) is 5.27. The summed E-state index contributed by atoms with van der Waals surface area (Å²) < 4.78 is 1.64. The first-order valence-corrected chi connectivity index (χ1v) is 7.19. The maximum absolute atomic E-state index is 12.0. The molecule has 21 heavy (non-hydrogen) atoms. The highest BCUT2D eigenvalue weighted by molar-refractivity contribution is 5.76. The van der Waals surface area contributed by atoms with Crippen LogP contribution in [0, 0.1) is 11.8 Å². The molecular formula is C15H18N2O4. The van der Waals surface area contributed by atoms with E-state index in [4.69, 9.17) is 5.11 Å². The van der Waals surface area contributed by atoms with E-state index in [-0.39, 0.29) is 17.4 Å². The molecule has 0 atom stereocenters. The summed E-state index contributed by atoms with van der Waals surface area (Å²) in [5.74, 6) is -0.530. The minimum atomic E-state index is -0.720. The molecule has 0 radical (unpaired) electrons. The van der Waals surface area contributed by atoms with Gasteiger partial charge in [-0.15, -0.1) is 0 Å². The Balaban J connectivity index is 1.80. The molecule has 6 heteroatoms. The largest absolute Gasteiger partial charge is 0.508 e. The molecule has 6 nitrogen and oxygen atoms in total. The van der Waals surface area contributed by atoms with Crippen LogP contribution < -0.4 is 5.69 Å². The number of hydrogen-bond acceptors (Lipinski definition) is 3. The summed E-state index contributed by atoms with van der Waals surface area (Å²) in [6.45, 7) is 0.564. The number of aromatic amines is 1. The normalized spacial score (nSPS) is 22.5. The average molecular weight is 290 g/mol. The molecule has 1 fully saturated rings. The fourth-order valence-electron chi connectivity index (χ4n) is 3.17. The zero-order valence-corrected chi connectivity index (χ0v) is 11.6. The molecule has 0 saturated heterocycles. The van der Waals surface area contributed by atoms with Gasteiger partial charge >= 0.3 is 11.7 Å². The third-order valence-corrected chi connectivity index (χ3v) is 4.40. The number of carboxylic acids is 1. The molecular weight excluding hydrogens is 272 g/mol. The van der Waals surface area contributed by atoms with E-state index >= 15 is 0 Å². The summed E-state index contributed by atoms with van der Waals surface area (Å²) in [6, 6.07) is 4.81. The van der Waals surface area contributed by atoms with Crippen LogP contribution in [0.1, 0.15) is 25.7 Å². The van der Waals surface area contributed by atoms with E-state index < -0.39 is 5.97 Å². The predicted molar refractivity (Wildman–Crippen MR) is 77.3 cm³/mol. The van der Waals surface area contributed by atoms with E-state index in [0.29, 0.717) is 36.3 Å². The van der Waals surface area contributed by atoms with Crippen LogP contribution in [0.5, 0.6) is 5.75 Å². The van der Waals surface area contributed by atoms with Gasteiger partial charge in [-0.05, 0) is 43.7 Å². The summed E-state index contributed by atoms with van der Waals surface area (Å²) in [4.78, 5) is 25.8. The van der Waals surface area contributed by atoms with E-state index in [1.165, 1.54) is 0 Å². The van der Waals surface area contributed by atoms with Crippen LogP contribution in [0.2, 0.25) is 0 Å². The van der Waals surface area contributed by atoms with E-state index in [9.17, 15) is 14.7 Å². The summed E-state index contributed by atoms with van der Waals surface area (Å²) in [6.07, 6.45) is 2.97. The van der Waals surface area contributed by atoms with E-state index in [2.05, 4.69) is 4.98 Å². The molecule has 3 N–H and O–H groups in total. The molecule has 0 amide bonds. The smallest absolute Gasteiger partial charge is 0.326 e. The summed E-state index contributed by atoms with van der Waals surface area (Å²) in [7, 11) is 0. The molecule has 1 aromatic carbocycles. The second-order valence-corrected chi connectivity index (χ2v) is 5.80. The van der Waals surface area contributed by atoms with Crippen molar-refractivity contribution in [3.8, 4) is 5.75 Å². The first kappa shape index (κ1) is 13.7. The van der Waals surface area contributed by atoms with Crippen LogP contribution >= 0.6 is 0 Å². The van der Waals surface area contributed by atoms with Crippen molar-refractivity contribution in [2.75, 3.05) is 0 Å². The highest BCUT2D eigenvalue weighted by Crippen LogP contribution is 2.30. The second-order valence-electron chi connectivity index (χ2n) is 5.80. The van der Waals surface area contributed by atoms with Gasteiger partial charge in [0.25, 0.3) is 0 Å². The number of hydrogen-bond donors (Lipinski definition) is 3. The van der Waals surface area contributed by atoms with Crippen LogP contribution in [0.3, 0.4) is 0 Å². The number of nitrogens with one attached hydrogen (secondary N) is 1. The first-order valence-electron chi connectivity index (χ1n) is 7.19. The van der Waals surface area contributed by atoms with Crippen molar-refractivity contribution in [1.82, 2.24) is 9.55 Å². The van der Waals surface area contributed by atoms with Crippen LogP contribution in [0.25, 0.3) is 11.0 Å². The number of rotatable bonds is 3. The van der Waals surface area contributed by atoms with Gasteiger partial charge < -0.3 is 15.2 Å². The quantitative estimate of drug-likeness (QED) is 0.804. The monoisotopic (exact) mass is 290 g/mol. The molecule has 1 saturated carbocycles. The van der Waals surface area contributed by atoms with Gasteiger partial charge in [0, 0.05) is 12.6 Å². The number of H-pyrrole nitrogens is 1. The Bertz CT molecular complexity index is 723.